The van der Waals surface area contributed by atoms with Crippen LogP contribution in [0.3, 0.4) is 0 Å². The molecule has 0 fully saturated rings. The lowest BCUT2D eigenvalue weighted by Gasteiger charge is -2.35. The van der Waals surface area contributed by atoms with E-state index in [1.165, 1.54) is 27.1 Å². The zero-order chi connectivity index (χ0) is 22.8. The first-order valence-corrected chi connectivity index (χ1v) is 13.1. The van der Waals surface area contributed by atoms with E-state index >= 15 is 0 Å². The summed E-state index contributed by atoms with van der Waals surface area (Å²) in [4.78, 5) is 30.2. The Labute approximate surface area is 203 Å². The van der Waals surface area contributed by atoms with Crippen LogP contribution in [-0.2, 0) is 18.3 Å². The largest absolute Gasteiger partial charge is 0.326 e. The number of thioether (sulfide) groups is 1. The van der Waals surface area contributed by atoms with E-state index in [0.29, 0.717) is 23.0 Å². The average Bonchev–Trinajstić information content (AvgIpc) is 3.59. The molecule has 1 N–H and O–H groups in total. The second kappa shape index (κ2) is 9.50. The number of amides is 2. The summed E-state index contributed by atoms with van der Waals surface area (Å²) in [5, 5.41) is 15.5. The lowest BCUT2D eigenvalue weighted by molar-refractivity contribution is -0.113. The number of rotatable bonds is 6. The molecule has 0 spiro atoms. The van der Waals surface area contributed by atoms with Crippen LogP contribution in [0, 0.1) is 0 Å². The van der Waals surface area contributed by atoms with Gasteiger partial charge in [0.15, 0.2) is 5.16 Å². The van der Waals surface area contributed by atoms with Gasteiger partial charge in [0.2, 0.25) is 5.91 Å². The maximum Gasteiger partial charge on any atom is 0.254 e. The molecule has 4 aromatic rings. The number of nitrogens with zero attached hydrogens (tertiary/aromatic N) is 4. The highest BCUT2D eigenvalue weighted by Gasteiger charge is 2.33. The van der Waals surface area contributed by atoms with Gasteiger partial charge in [-0.05, 0) is 59.1 Å². The molecule has 1 aliphatic heterocycles. The summed E-state index contributed by atoms with van der Waals surface area (Å²) < 4.78 is 1.77. The van der Waals surface area contributed by atoms with Gasteiger partial charge in [-0.3, -0.25) is 9.59 Å². The first-order valence-electron chi connectivity index (χ1n) is 10.4. The minimum atomic E-state index is -0.138. The van der Waals surface area contributed by atoms with Crippen LogP contribution < -0.4 is 5.32 Å². The lowest BCUT2D eigenvalue weighted by atomic mass is 9.97. The molecule has 0 unspecified atom stereocenters. The molecule has 7 nitrogen and oxygen atoms in total. The first-order chi connectivity index (χ1) is 16.1. The molecule has 3 aromatic heterocycles. The number of anilines is 1. The van der Waals surface area contributed by atoms with Gasteiger partial charge in [-0.25, -0.2) is 0 Å². The van der Waals surface area contributed by atoms with Crippen LogP contribution in [0.5, 0.6) is 0 Å². The normalized spacial score (nSPS) is 15.3. The Morgan fingerprint density at radius 1 is 1.15 bits per heavy atom. The van der Waals surface area contributed by atoms with Crippen LogP contribution in [-0.4, -0.2) is 43.8 Å². The topological polar surface area (TPSA) is 80.1 Å². The van der Waals surface area contributed by atoms with Crippen LogP contribution in [0.4, 0.5) is 5.69 Å². The number of aromatic nitrogens is 3. The Balaban J connectivity index is 1.27. The molecule has 5 rings (SSSR count). The number of fused-ring (bicyclic) bond motifs is 1. The van der Waals surface area contributed by atoms with Gasteiger partial charge in [-0.2, -0.15) is 0 Å². The van der Waals surface area contributed by atoms with Crippen LogP contribution in [0.2, 0.25) is 0 Å². The molecule has 0 radical (unpaired) electrons. The fourth-order valence-electron chi connectivity index (χ4n) is 3.88. The second-order valence-electron chi connectivity index (χ2n) is 7.60. The van der Waals surface area contributed by atoms with E-state index in [2.05, 4.69) is 38.4 Å². The van der Waals surface area contributed by atoms with Crippen molar-refractivity contribution in [3.05, 3.63) is 80.4 Å². The van der Waals surface area contributed by atoms with Crippen LogP contribution in [0.15, 0.2) is 64.7 Å². The van der Waals surface area contributed by atoms with Crippen molar-refractivity contribution >= 4 is 51.9 Å². The van der Waals surface area contributed by atoms with Gasteiger partial charge in [-0.1, -0.05) is 17.8 Å². The van der Waals surface area contributed by atoms with Gasteiger partial charge in [0.25, 0.3) is 5.91 Å². The second-order valence-corrected chi connectivity index (χ2v) is 10.5. The molecule has 10 heteroatoms. The average molecular weight is 496 g/mol. The highest BCUT2D eigenvalue weighted by molar-refractivity contribution is 7.99. The van der Waals surface area contributed by atoms with Gasteiger partial charge >= 0.3 is 0 Å². The van der Waals surface area contributed by atoms with Crippen molar-refractivity contribution in [2.75, 3.05) is 17.6 Å². The number of carbonyl (C=O) groups is 2. The smallest absolute Gasteiger partial charge is 0.254 e. The van der Waals surface area contributed by atoms with Gasteiger partial charge in [0, 0.05) is 34.6 Å². The van der Waals surface area contributed by atoms with Crippen molar-refractivity contribution in [1.82, 2.24) is 19.7 Å². The summed E-state index contributed by atoms with van der Waals surface area (Å²) >= 11 is 4.76. The molecule has 1 atom stereocenters. The van der Waals surface area contributed by atoms with E-state index in [1.807, 2.05) is 18.0 Å². The highest BCUT2D eigenvalue weighted by Crippen LogP contribution is 2.40. The minimum Gasteiger partial charge on any atom is -0.326 e. The minimum absolute atomic E-state index is 0.000893. The monoisotopic (exact) mass is 495 g/mol. The number of carbonyl (C=O) groups excluding carboxylic acids is 2. The third-order valence-corrected chi connectivity index (χ3v) is 8.41. The fraction of sp³-hybridized carbons (Fsp3) is 0.217. The summed E-state index contributed by atoms with van der Waals surface area (Å²) in [6.45, 7) is 0.687. The third kappa shape index (κ3) is 4.59. The van der Waals surface area contributed by atoms with E-state index in [-0.39, 0.29) is 23.6 Å². The molecular weight excluding hydrogens is 474 g/mol. The number of benzene rings is 1. The molecule has 1 aromatic carbocycles. The summed E-state index contributed by atoms with van der Waals surface area (Å²) in [7, 11) is 1.83. The molecule has 0 bridgehead atoms. The van der Waals surface area contributed by atoms with E-state index in [9.17, 15) is 9.59 Å². The Hall–Kier alpha value is -2.95. The standard InChI is InChI=1S/C23H21N5O2S3/c1-27-14-24-26-23(27)33-13-20(29)25-16-6-4-15(5-7-16)22(30)28-10-8-18-17(9-12-32-18)21(28)19-3-2-11-31-19/h2-7,9,11-12,14,21H,8,10,13H2,1H3,(H,25,29)/t21-/m0/s1. The molecular formula is C23H21N5O2S3. The summed E-state index contributed by atoms with van der Waals surface area (Å²) in [5.41, 5.74) is 2.50. The van der Waals surface area contributed by atoms with Gasteiger partial charge < -0.3 is 14.8 Å². The summed E-state index contributed by atoms with van der Waals surface area (Å²) in [5.74, 6) is 0.0914. The summed E-state index contributed by atoms with van der Waals surface area (Å²) in [6.07, 6.45) is 2.47. The number of thiophene rings is 2. The molecule has 0 aliphatic carbocycles. The van der Waals surface area contributed by atoms with Crippen molar-refractivity contribution in [3.63, 3.8) is 0 Å². The van der Waals surface area contributed by atoms with Crippen molar-refractivity contribution in [2.45, 2.75) is 17.6 Å². The van der Waals surface area contributed by atoms with Gasteiger partial charge in [-0.15, -0.1) is 32.9 Å². The Morgan fingerprint density at radius 2 is 2.00 bits per heavy atom. The fourth-order valence-corrected chi connectivity index (χ4v) is 6.33. The Kier molecular flexibility index (Phi) is 6.30. The van der Waals surface area contributed by atoms with Crippen molar-refractivity contribution < 1.29 is 9.59 Å². The maximum atomic E-state index is 13.5. The molecule has 0 saturated heterocycles. The third-order valence-electron chi connectivity index (χ3n) is 5.46. The molecule has 168 valence electrons. The lowest BCUT2D eigenvalue weighted by Crippen LogP contribution is -2.39. The molecule has 0 saturated carbocycles. The highest BCUT2D eigenvalue weighted by atomic mass is 32.2. The Morgan fingerprint density at radius 3 is 2.73 bits per heavy atom. The molecule has 1 aliphatic rings. The maximum absolute atomic E-state index is 13.5. The van der Waals surface area contributed by atoms with E-state index in [4.69, 9.17) is 0 Å². The van der Waals surface area contributed by atoms with Crippen LogP contribution in [0.1, 0.15) is 31.7 Å². The first kappa shape index (κ1) is 21.9. The number of hydrogen-bond acceptors (Lipinski definition) is 7. The summed E-state index contributed by atoms with van der Waals surface area (Å²) in [6, 6.07) is 13.3. The van der Waals surface area contributed by atoms with E-state index < -0.39 is 0 Å². The van der Waals surface area contributed by atoms with E-state index in [1.54, 1.807) is 57.8 Å². The number of hydrogen-bond donors (Lipinski definition) is 1. The predicted octanol–water partition coefficient (Wildman–Crippen LogP) is 4.46. The molecule has 2 amide bonds. The molecule has 4 heterocycles. The zero-order valence-electron chi connectivity index (χ0n) is 17.8. The van der Waals surface area contributed by atoms with Crippen molar-refractivity contribution in [1.29, 1.82) is 0 Å². The van der Waals surface area contributed by atoms with Crippen LogP contribution >= 0.6 is 34.4 Å². The zero-order valence-corrected chi connectivity index (χ0v) is 20.3. The number of aryl methyl sites for hydroxylation is 1. The van der Waals surface area contributed by atoms with Crippen molar-refractivity contribution in [2.24, 2.45) is 7.05 Å². The SMILES string of the molecule is Cn1cnnc1SCC(=O)Nc1ccc(C(=O)N2CCc3sccc3[C@H]2c2cccs2)cc1. The van der Waals surface area contributed by atoms with Gasteiger partial charge in [0.05, 0.1) is 11.8 Å². The van der Waals surface area contributed by atoms with Crippen LogP contribution in [0.25, 0.3) is 0 Å². The Bertz CT molecular complexity index is 1260. The quantitative estimate of drug-likeness (QED) is 0.400. The van der Waals surface area contributed by atoms with Crippen molar-refractivity contribution in [3.8, 4) is 0 Å². The number of nitrogens with one attached hydrogen (secondary N) is 1. The van der Waals surface area contributed by atoms with Gasteiger partial charge in [0.1, 0.15) is 6.33 Å². The predicted molar refractivity (Wildman–Crippen MR) is 132 cm³/mol. The van der Waals surface area contributed by atoms with E-state index in [0.717, 1.165) is 6.42 Å². The molecule has 33 heavy (non-hydrogen) atoms.